The summed E-state index contributed by atoms with van der Waals surface area (Å²) in [5, 5.41) is 0. The summed E-state index contributed by atoms with van der Waals surface area (Å²) in [6.07, 6.45) is 7.08. The molecule has 2 aliphatic rings. The zero-order chi connectivity index (χ0) is 17.6. The van der Waals surface area contributed by atoms with Crippen molar-refractivity contribution >= 4 is 11.6 Å². The molecule has 1 amide bonds. The number of aromatic nitrogens is 2. The molecule has 4 rings (SSSR count). The molecule has 2 saturated heterocycles. The van der Waals surface area contributed by atoms with Crippen LogP contribution in [0.25, 0.3) is 5.65 Å². The van der Waals surface area contributed by atoms with Crippen molar-refractivity contribution in [1.82, 2.24) is 19.2 Å². The van der Waals surface area contributed by atoms with Crippen LogP contribution in [-0.4, -0.2) is 63.4 Å². The number of nitrogens with zero attached hydrogens (tertiary/aromatic N) is 4. The first-order valence-electron chi connectivity index (χ1n) is 9.26. The minimum atomic E-state index is 0.0511. The molecule has 6 heteroatoms. The molecule has 0 radical (unpaired) electrons. The number of imidazole rings is 1. The second-order valence-electron chi connectivity index (χ2n) is 7.60. The molecule has 0 aliphatic carbocycles. The van der Waals surface area contributed by atoms with Gasteiger partial charge in [-0.1, -0.05) is 0 Å². The smallest absolute Gasteiger partial charge is 0.274 e. The van der Waals surface area contributed by atoms with E-state index in [2.05, 4.69) is 23.7 Å². The van der Waals surface area contributed by atoms with Crippen LogP contribution in [0.3, 0.4) is 0 Å². The highest BCUT2D eigenvalue weighted by Crippen LogP contribution is 2.22. The van der Waals surface area contributed by atoms with E-state index in [1.165, 1.54) is 11.1 Å². The number of likely N-dealkylation sites (tertiary alicyclic amines) is 2. The quantitative estimate of drug-likeness (QED) is 0.901. The van der Waals surface area contributed by atoms with Gasteiger partial charge in [0.2, 0.25) is 0 Å². The molecular weight excluding hydrogens is 314 g/mol. The Morgan fingerprint density at radius 3 is 2.64 bits per heavy atom. The number of amides is 1. The van der Waals surface area contributed by atoms with Crippen molar-refractivity contribution in [3.05, 3.63) is 35.3 Å². The fourth-order valence-electron chi connectivity index (χ4n) is 4.01. The fraction of sp³-hybridized carbons (Fsp3) is 0.579. The lowest BCUT2D eigenvalue weighted by Gasteiger charge is -2.34. The Balaban J connectivity index is 1.46. The van der Waals surface area contributed by atoms with E-state index < -0.39 is 0 Å². The monoisotopic (exact) mass is 341 g/mol. The molecule has 0 aromatic carbocycles. The summed E-state index contributed by atoms with van der Waals surface area (Å²) in [4.78, 5) is 21.9. The molecule has 6 nitrogen and oxygen atoms in total. The third-order valence-corrected chi connectivity index (χ3v) is 5.82. The van der Waals surface area contributed by atoms with Gasteiger partial charge in [-0.2, -0.15) is 0 Å². The van der Waals surface area contributed by atoms with E-state index in [9.17, 15) is 4.79 Å². The molecule has 1 unspecified atom stereocenters. The summed E-state index contributed by atoms with van der Waals surface area (Å²) in [5.74, 6) is 0.0511. The first kappa shape index (κ1) is 16.5. The Morgan fingerprint density at radius 2 is 1.88 bits per heavy atom. The molecule has 0 saturated carbocycles. The summed E-state index contributed by atoms with van der Waals surface area (Å²) in [6, 6.07) is 2.86. The second kappa shape index (κ2) is 6.42. The minimum Gasteiger partial charge on any atom is -0.336 e. The zero-order valence-corrected chi connectivity index (χ0v) is 15.1. The van der Waals surface area contributed by atoms with Gasteiger partial charge in [0, 0.05) is 37.6 Å². The molecule has 1 atom stereocenters. The van der Waals surface area contributed by atoms with Gasteiger partial charge in [0.15, 0.2) is 0 Å². The summed E-state index contributed by atoms with van der Waals surface area (Å²) in [7, 11) is 0. The third-order valence-electron chi connectivity index (χ3n) is 5.82. The standard InChI is InChI=1S/C19H27N5O/c1-13-9-18-21-17(12-24(18)10-14(13)2)19(25)23-8-5-16(11-23)22-6-3-15(20)4-7-22/h9-10,12,15-16H,3-8,11,20H2,1-2H3. The van der Waals surface area contributed by atoms with Gasteiger partial charge in [0.05, 0.1) is 0 Å². The lowest BCUT2D eigenvalue weighted by atomic mass is 10.0. The molecule has 2 N–H and O–H groups in total. The highest BCUT2D eigenvalue weighted by atomic mass is 16.2. The lowest BCUT2D eigenvalue weighted by molar-refractivity contribution is 0.0764. The molecule has 2 aromatic rings. The van der Waals surface area contributed by atoms with Crippen molar-refractivity contribution in [2.24, 2.45) is 5.73 Å². The number of fused-ring (bicyclic) bond motifs is 1. The van der Waals surface area contributed by atoms with Crippen molar-refractivity contribution in [3.8, 4) is 0 Å². The number of aryl methyl sites for hydroxylation is 2. The maximum Gasteiger partial charge on any atom is 0.274 e. The first-order chi connectivity index (χ1) is 12.0. The van der Waals surface area contributed by atoms with Gasteiger partial charge in [0.1, 0.15) is 11.3 Å². The van der Waals surface area contributed by atoms with E-state index in [1.54, 1.807) is 0 Å². The number of hydrogen-bond acceptors (Lipinski definition) is 4. The van der Waals surface area contributed by atoms with Crippen LogP contribution in [-0.2, 0) is 0 Å². The lowest BCUT2D eigenvalue weighted by Crippen LogP contribution is -2.46. The molecule has 134 valence electrons. The van der Waals surface area contributed by atoms with Gasteiger partial charge in [-0.15, -0.1) is 0 Å². The maximum atomic E-state index is 12.9. The molecule has 0 spiro atoms. The Morgan fingerprint density at radius 1 is 1.12 bits per heavy atom. The summed E-state index contributed by atoms with van der Waals surface area (Å²) in [6.45, 7) is 7.88. The maximum absolute atomic E-state index is 12.9. The van der Waals surface area contributed by atoms with E-state index in [-0.39, 0.29) is 5.91 Å². The zero-order valence-electron chi connectivity index (χ0n) is 15.1. The van der Waals surface area contributed by atoms with Gasteiger partial charge >= 0.3 is 0 Å². The molecule has 25 heavy (non-hydrogen) atoms. The van der Waals surface area contributed by atoms with Crippen molar-refractivity contribution in [2.75, 3.05) is 26.2 Å². The van der Waals surface area contributed by atoms with Crippen molar-refractivity contribution < 1.29 is 4.79 Å². The Hall–Kier alpha value is -1.92. The molecule has 2 aliphatic heterocycles. The van der Waals surface area contributed by atoms with Gasteiger partial charge in [-0.05, 0) is 63.4 Å². The Bertz CT molecular complexity index is 751. The summed E-state index contributed by atoms with van der Waals surface area (Å²) >= 11 is 0. The summed E-state index contributed by atoms with van der Waals surface area (Å²) in [5.41, 5.74) is 9.79. The van der Waals surface area contributed by atoms with Crippen molar-refractivity contribution in [1.29, 1.82) is 0 Å². The molecule has 2 aromatic heterocycles. The normalized spacial score (nSPS) is 22.8. The highest BCUT2D eigenvalue weighted by Gasteiger charge is 2.33. The van der Waals surface area contributed by atoms with Crippen LogP contribution in [0.4, 0.5) is 0 Å². The number of carbonyl (C=O) groups is 1. The number of nitrogens with two attached hydrogens (primary N) is 1. The van der Waals surface area contributed by atoms with Crippen LogP contribution in [0.2, 0.25) is 0 Å². The SMILES string of the molecule is Cc1cc2nc(C(=O)N3CCC(N4CCC(N)CC4)C3)cn2cc1C. The van der Waals surface area contributed by atoms with Gasteiger partial charge in [-0.3, -0.25) is 9.69 Å². The number of rotatable bonds is 2. The topological polar surface area (TPSA) is 66.9 Å². The second-order valence-corrected chi connectivity index (χ2v) is 7.60. The number of piperidine rings is 1. The molecule has 2 fully saturated rings. The predicted octanol–water partition coefficient (Wildman–Crippen LogP) is 1.59. The van der Waals surface area contributed by atoms with Crippen molar-refractivity contribution in [3.63, 3.8) is 0 Å². The van der Waals surface area contributed by atoms with E-state index in [0.29, 0.717) is 17.8 Å². The predicted molar refractivity (Wildman–Crippen MR) is 97.8 cm³/mol. The number of pyridine rings is 1. The van der Waals surface area contributed by atoms with Crippen LogP contribution in [0, 0.1) is 13.8 Å². The molecule has 0 bridgehead atoms. The van der Waals surface area contributed by atoms with E-state index in [1.807, 2.05) is 27.8 Å². The van der Waals surface area contributed by atoms with Crippen molar-refractivity contribution in [2.45, 2.75) is 45.2 Å². The van der Waals surface area contributed by atoms with Gasteiger partial charge in [-0.25, -0.2) is 4.98 Å². The van der Waals surface area contributed by atoms with E-state index >= 15 is 0 Å². The van der Waals surface area contributed by atoms with Crippen LogP contribution in [0.5, 0.6) is 0 Å². The summed E-state index contributed by atoms with van der Waals surface area (Å²) < 4.78 is 1.95. The fourth-order valence-corrected chi connectivity index (χ4v) is 4.01. The van der Waals surface area contributed by atoms with Crippen LogP contribution >= 0.6 is 0 Å². The van der Waals surface area contributed by atoms with Gasteiger partial charge < -0.3 is 15.0 Å². The molecular formula is C19H27N5O. The van der Waals surface area contributed by atoms with E-state index in [0.717, 1.165) is 51.1 Å². The average Bonchev–Trinajstić information content (AvgIpc) is 3.22. The molecule has 4 heterocycles. The minimum absolute atomic E-state index is 0.0511. The van der Waals surface area contributed by atoms with E-state index in [4.69, 9.17) is 5.73 Å². The van der Waals surface area contributed by atoms with Crippen LogP contribution < -0.4 is 5.73 Å². The van der Waals surface area contributed by atoms with Gasteiger partial charge in [0.25, 0.3) is 5.91 Å². The first-order valence-corrected chi connectivity index (χ1v) is 9.26. The number of hydrogen-bond donors (Lipinski definition) is 1. The highest BCUT2D eigenvalue weighted by molar-refractivity contribution is 5.93. The van der Waals surface area contributed by atoms with Crippen LogP contribution in [0.15, 0.2) is 18.5 Å². The number of carbonyl (C=O) groups excluding carboxylic acids is 1. The van der Waals surface area contributed by atoms with Crippen LogP contribution in [0.1, 0.15) is 40.9 Å². The largest absolute Gasteiger partial charge is 0.336 e. The Kier molecular flexibility index (Phi) is 4.25. The third kappa shape index (κ3) is 3.16. The average molecular weight is 341 g/mol. The Labute approximate surface area is 148 Å².